The maximum atomic E-state index is 13.2. The normalized spacial score (nSPS) is 13.2. The molecular formula is C57H111NO5. The predicted molar refractivity (Wildman–Crippen MR) is 273 cm³/mol. The van der Waals surface area contributed by atoms with Crippen LogP contribution in [0.1, 0.15) is 316 Å². The zero-order chi connectivity index (χ0) is 45.9. The Hall–Kier alpha value is -1.40. The molecule has 3 unspecified atom stereocenters. The summed E-state index contributed by atoms with van der Waals surface area (Å²) >= 11 is 0. The smallest absolute Gasteiger partial charge is 0.306 e. The number of ether oxygens (including phenoxy) is 1. The first-order valence-electron chi connectivity index (χ1n) is 28.4. The number of rotatable bonds is 52. The standard InChI is InChI=1S/C57H111NO5/c1-4-7-10-13-16-19-22-25-27-28-30-31-33-36-39-42-45-48-53(63-57(62)50-47-44-41-38-35-32-29-26-23-20-17-14-11-8-5-2)51-56(61)58-54(52-59)55(60)49-46-43-40-37-34-24-21-18-15-12-9-6-3/h20,23,53-55,59-60H,4-19,21-22,24-52H2,1-3H3,(H,58,61)/b23-20-. The molecule has 0 aliphatic heterocycles. The van der Waals surface area contributed by atoms with E-state index in [1.54, 1.807) is 0 Å². The summed E-state index contributed by atoms with van der Waals surface area (Å²) in [6.45, 7) is 6.51. The van der Waals surface area contributed by atoms with Crippen LogP contribution < -0.4 is 5.32 Å². The Bertz CT molecular complexity index is 955. The van der Waals surface area contributed by atoms with Crippen LogP contribution >= 0.6 is 0 Å². The lowest BCUT2D eigenvalue weighted by molar-refractivity contribution is -0.151. The van der Waals surface area contributed by atoms with E-state index in [4.69, 9.17) is 4.74 Å². The van der Waals surface area contributed by atoms with Gasteiger partial charge in [-0.15, -0.1) is 0 Å². The van der Waals surface area contributed by atoms with Gasteiger partial charge in [0.2, 0.25) is 5.91 Å². The molecule has 6 nitrogen and oxygen atoms in total. The van der Waals surface area contributed by atoms with Crippen molar-refractivity contribution in [1.29, 1.82) is 0 Å². The number of hydrogen-bond acceptors (Lipinski definition) is 5. The Kier molecular flexibility index (Phi) is 50.4. The zero-order valence-corrected chi connectivity index (χ0v) is 42.7. The van der Waals surface area contributed by atoms with Crippen LogP contribution in [-0.4, -0.2) is 46.9 Å². The maximum Gasteiger partial charge on any atom is 0.306 e. The quantitative estimate of drug-likeness (QED) is 0.0321. The summed E-state index contributed by atoms with van der Waals surface area (Å²) in [4.78, 5) is 26.2. The molecule has 3 atom stereocenters. The van der Waals surface area contributed by atoms with Crippen molar-refractivity contribution in [2.24, 2.45) is 0 Å². The monoisotopic (exact) mass is 890 g/mol. The van der Waals surface area contributed by atoms with Gasteiger partial charge in [0.05, 0.1) is 25.2 Å². The lowest BCUT2D eigenvalue weighted by Gasteiger charge is -2.24. The van der Waals surface area contributed by atoms with Crippen LogP contribution in [0.5, 0.6) is 0 Å². The summed E-state index contributed by atoms with van der Waals surface area (Å²) in [5.41, 5.74) is 0. The van der Waals surface area contributed by atoms with Gasteiger partial charge in [-0.2, -0.15) is 0 Å². The van der Waals surface area contributed by atoms with Crippen LogP contribution in [0.3, 0.4) is 0 Å². The molecule has 0 bridgehead atoms. The Morgan fingerprint density at radius 1 is 0.444 bits per heavy atom. The number of nitrogens with one attached hydrogen (secondary N) is 1. The van der Waals surface area contributed by atoms with Crippen molar-refractivity contribution in [3.05, 3.63) is 12.2 Å². The molecule has 0 aromatic heterocycles. The highest BCUT2D eigenvalue weighted by Crippen LogP contribution is 2.19. The number of aliphatic hydroxyl groups excluding tert-OH is 2. The molecule has 0 heterocycles. The van der Waals surface area contributed by atoms with Gasteiger partial charge in [0.1, 0.15) is 6.10 Å². The SMILES string of the molecule is CCCCCC/C=C\CCCCCCCCCC(=O)OC(CCCCCCCCCCCCCCCCCCC)CC(=O)NC(CO)C(O)CCCCCCCCCCCCCC. The molecule has 0 radical (unpaired) electrons. The van der Waals surface area contributed by atoms with Crippen LogP contribution in [0.2, 0.25) is 0 Å². The molecule has 0 aromatic rings. The van der Waals surface area contributed by atoms with E-state index in [9.17, 15) is 19.8 Å². The van der Waals surface area contributed by atoms with Crippen molar-refractivity contribution in [3.63, 3.8) is 0 Å². The molecule has 0 rings (SSSR count). The van der Waals surface area contributed by atoms with E-state index in [0.717, 1.165) is 44.9 Å². The summed E-state index contributed by atoms with van der Waals surface area (Å²) < 4.78 is 5.96. The number of carbonyl (C=O) groups is 2. The number of hydrogen-bond donors (Lipinski definition) is 3. The van der Waals surface area contributed by atoms with Crippen LogP contribution in [0.25, 0.3) is 0 Å². The van der Waals surface area contributed by atoms with E-state index in [2.05, 4.69) is 38.2 Å². The summed E-state index contributed by atoms with van der Waals surface area (Å²) in [6.07, 6.45) is 58.4. The van der Waals surface area contributed by atoms with Gasteiger partial charge in [-0.25, -0.2) is 0 Å². The van der Waals surface area contributed by atoms with Crippen LogP contribution in [0.15, 0.2) is 12.2 Å². The molecule has 0 saturated heterocycles. The first kappa shape index (κ1) is 61.6. The second kappa shape index (κ2) is 51.6. The van der Waals surface area contributed by atoms with Gasteiger partial charge in [0, 0.05) is 6.42 Å². The molecule has 0 saturated carbocycles. The van der Waals surface area contributed by atoms with Crippen molar-refractivity contribution in [1.82, 2.24) is 5.32 Å². The molecule has 0 spiro atoms. The van der Waals surface area contributed by atoms with E-state index in [-0.39, 0.29) is 24.9 Å². The minimum atomic E-state index is -0.782. The Morgan fingerprint density at radius 2 is 0.762 bits per heavy atom. The summed E-state index contributed by atoms with van der Waals surface area (Å²) in [5, 5.41) is 23.8. The highest BCUT2D eigenvalue weighted by molar-refractivity contribution is 5.77. The van der Waals surface area contributed by atoms with E-state index >= 15 is 0 Å². The van der Waals surface area contributed by atoms with Crippen molar-refractivity contribution in [2.75, 3.05) is 6.61 Å². The largest absolute Gasteiger partial charge is 0.462 e. The molecule has 63 heavy (non-hydrogen) atoms. The average molecular weight is 891 g/mol. The second-order valence-corrected chi connectivity index (χ2v) is 19.7. The summed E-state index contributed by atoms with van der Waals surface area (Å²) in [6, 6.07) is -0.696. The maximum absolute atomic E-state index is 13.2. The minimum absolute atomic E-state index is 0.0838. The van der Waals surface area contributed by atoms with E-state index in [1.807, 2.05) is 0 Å². The molecule has 6 heteroatoms. The number of aliphatic hydroxyl groups is 2. The molecular weight excluding hydrogens is 779 g/mol. The zero-order valence-electron chi connectivity index (χ0n) is 42.7. The van der Waals surface area contributed by atoms with Gasteiger partial charge < -0.3 is 20.3 Å². The molecule has 0 fully saturated rings. The van der Waals surface area contributed by atoms with E-state index in [1.165, 1.54) is 225 Å². The predicted octanol–water partition coefficient (Wildman–Crippen LogP) is 17.3. The summed E-state index contributed by atoms with van der Waals surface area (Å²) in [5.74, 6) is -0.456. The first-order chi connectivity index (χ1) is 31.0. The van der Waals surface area contributed by atoms with Gasteiger partial charge >= 0.3 is 5.97 Å². The fourth-order valence-corrected chi connectivity index (χ4v) is 9.02. The fourth-order valence-electron chi connectivity index (χ4n) is 9.02. The third kappa shape index (κ3) is 46.9. The van der Waals surface area contributed by atoms with Gasteiger partial charge in [0.25, 0.3) is 0 Å². The Morgan fingerprint density at radius 3 is 1.14 bits per heavy atom. The number of carbonyl (C=O) groups excluding carboxylic acids is 2. The number of amides is 1. The van der Waals surface area contributed by atoms with Gasteiger partial charge in [-0.05, 0) is 51.4 Å². The average Bonchev–Trinajstić information content (AvgIpc) is 3.28. The van der Waals surface area contributed by atoms with Gasteiger partial charge in [-0.1, -0.05) is 264 Å². The summed E-state index contributed by atoms with van der Waals surface area (Å²) in [7, 11) is 0. The highest BCUT2D eigenvalue weighted by Gasteiger charge is 2.24. The number of esters is 1. The Balaban J connectivity index is 4.52. The van der Waals surface area contributed by atoms with Crippen molar-refractivity contribution in [2.45, 2.75) is 334 Å². The van der Waals surface area contributed by atoms with Crippen LogP contribution in [0, 0.1) is 0 Å². The first-order valence-corrected chi connectivity index (χ1v) is 28.4. The fraction of sp³-hybridized carbons (Fsp3) is 0.930. The lowest BCUT2D eigenvalue weighted by Crippen LogP contribution is -2.46. The molecule has 3 N–H and O–H groups in total. The third-order valence-corrected chi connectivity index (χ3v) is 13.3. The van der Waals surface area contributed by atoms with E-state index in [0.29, 0.717) is 19.3 Å². The van der Waals surface area contributed by atoms with Gasteiger partial charge in [-0.3, -0.25) is 9.59 Å². The molecule has 0 aliphatic rings. The second-order valence-electron chi connectivity index (χ2n) is 19.7. The van der Waals surface area contributed by atoms with E-state index < -0.39 is 18.2 Å². The van der Waals surface area contributed by atoms with Crippen molar-refractivity contribution < 1.29 is 24.5 Å². The molecule has 374 valence electrons. The van der Waals surface area contributed by atoms with Crippen LogP contribution in [0.4, 0.5) is 0 Å². The van der Waals surface area contributed by atoms with Gasteiger partial charge in [0.15, 0.2) is 0 Å². The molecule has 0 aliphatic carbocycles. The third-order valence-electron chi connectivity index (χ3n) is 13.3. The van der Waals surface area contributed by atoms with Crippen molar-refractivity contribution >= 4 is 11.9 Å². The Labute approximate surface area is 393 Å². The number of allylic oxidation sites excluding steroid dienone is 2. The lowest BCUT2D eigenvalue weighted by atomic mass is 10.0. The van der Waals surface area contributed by atoms with Crippen LogP contribution in [-0.2, 0) is 14.3 Å². The topological polar surface area (TPSA) is 95.9 Å². The van der Waals surface area contributed by atoms with Crippen molar-refractivity contribution in [3.8, 4) is 0 Å². The molecule has 1 amide bonds. The minimum Gasteiger partial charge on any atom is -0.462 e. The molecule has 0 aromatic carbocycles. The number of unbranched alkanes of at least 4 members (excludes halogenated alkanes) is 38. The highest BCUT2D eigenvalue weighted by atomic mass is 16.5.